The monoisotopic (exact) mass is 305 g/mol. The topological polar surface area (TPSA) is 46.7 Å². The van der Waals surface area contributed by atoms with Gasteiger partial charge in [-0.3, -0.25) is 4.40 Å². The van der Waals surface area contributed by atoms with E-state index in [-0.39, 0.29) is 5.82 Å². The Labute approximate surface area is 124 Å². The van der Waals surface area contributed by atoms with Gasteiger partial charge in [-0.2, -0.15) is 0 Å². The predicted molar refractivity (Wildman–Crippen MR) is 80.8 cm³/mol. The van der Waals surface area contributed by atoms with E-state index >= 15 is 0 Å². The van der Waals surface area contributed by atoms with Gasteiger partial charge in [0.15, 0.2) is 0 Å². The maximum Gasteiger partial charge on any atom is 0.209 e. The molecule has 0 radical (unpaired) electrons. The largest absolute Gasteiger partial charge is 0.281 e. The van der Waals surface area contributed by atoms with Gasteiger partial charge in [0.1, 0.15) is 11.3 Å². The second kappa shape index (κ2) is 4.89. The number of pyridine rings is 1. The summed E-state index contributed by atoms with van der Waals surface area (Å²) in [7, 11) is 0. The van der Waals surface area contributed by atoms with Gasteiger partial charge >= 0.3 is 0 Å². The quantitative estimate of drug-likeness (QED) is 0.624. The summed E-state index contributed by atoms with van der Waals surface area (Å²) in [6.07, 6.45) is 1.67. The third kappa shape index (κ3) is 2.07. The van der Waals surface area contributed by atoms with Gasteiger partial charge in [-0.05, 0) is 35.9 Å². The van der Waals surface area contributed by atoms with Gasteiger partial charge in [-0.15, -0.1) is 4.91 Å². The molecule has 0 aliphatic carbocycles. The number of hydrogen-bond donors (Lipinski definition) is 0. The smallest absolute Gasteiger partial charge is 0.209 e. The Kier molecular flexibility index (Phi) is 3.20. The van der Waals surface area contributed by atoms with E-state index in [1.807, 2.05) is 19.1 Å². The van der Waals surface area contributed by atoms with E-state index < -0.39 is 0 Å². The molecule has 0 saturated carbocycles. The molecule has 3 rings (SSSR count). The first-order chi connectivity index (χ1) is 9.60. The molecular weight excluding hydrogens is 297 g/mol. The van der Waals surface area contributed by atoms with Crippen LogP contribution in [0.3, 0.4) is 0 Å². The van der Waals surface area contributed by atoms with Crippen LogP contribution in [0.4, 0.5) is 5.82 Å². The minimum Gasteiger partial charge on any atom is -0.281 e. The van der Waals surface area contributed by atoms with Gasteiger partial charge < -0.3 is 0 Å². The van der Waals surface area contributed by atoms with E-state index in [0.29, 0.717) is 21.4 Å². The Morgan fingerprint density at radius 1 is 1.20 bits per heavy atom. The molecular formula is C14H9Cl2N3O. The zero-order valence-corrected chi connectivity index (χ0v) is 12.0. The van der Waals surface area contributed by atoms with Crippen molar-refractivity contribution in [3.8, 4) is 11.3 Å². The van der Waals surface area contributed by atoms with Gasteiger partial charge in [-0.25, -0.2) is 4.98 Å². The second-order valence-electron chi connectivity index (χ2n) is 4.41. The third-order valence-electron chi connectivity index (χ3n) is 3.08. The van der Waals surface area contributed by atoms with Crippen LogP contribution in [0.1, 0.15) is 5.56 Å². The second-order valence-corrected chi connectivity index (χ2v) is 5.26. The lowest BCUT2D eigenvalue weighted by Crippen LogP contribution is -1.82. The van der Waals surface area contributed by atoms with Crippen LogP contribution in [0.5, 0.6) is 0 Å². The molecule has 6 heteroatoms. The van der Waals surface area contributed by atoms with Crippen molar-refractivity contribution >= 4 is 34.7 Å². The van der Waals surface area contributed by atoms with E-state index in [1.165, 1.54) is 0 Å². The molecule has 0 spiro atoms. The van der Waals surface area contributed by atoms with Gasteiger partial charge in [0.2, 0.25) is 5.82 Å². The van der Waals surface area contributed by atoms with Crippen molar-refractivity contribution in [2.24, 2.45) is 5.18 Å². The summed E-state index contributed by atoms with van der Waals surface area (Å²) in [6.45, 7) is 1.90. The van der Waals surface area contributed by atoms with Crippen LogP contribution in [0.15, 0.2) is 41.7 Å². The number of aromatic nitrogens is 2. The Hall–Kier alpha value is -1.91. The number of nitrogens with zero attached hydrogens (tertiary/aromatic N) is 3. The molecule has 0 aliphatic rings. The molecule has 0 aliphatic heterocycles. The molecule has 0 bridgehead atoms. The lowest BCUT2D eigenvalue weighted by atomic mass is 10.1. The molecule has 0 fully saturated rings. The Bertz CT molecular complexity index is 827. The number of imidazole rings is 1. The Morgan fingerprint density at radius 2 is 2.00 bits per heavy atom. The minimum atomic E-state index is 0.249. The zero-order valence-electron chi connectivity index (χ0n) is 10.5. The number of nitroso groups, excluding NO2 is 1. The Morgan fingerprint density at radius 3 is 2.70 bits per heavy atom. The fourth-order valence-electron chi connectivity index (χ4n) is 2.08. The van der Waals surface area contributed by atoms with Crippen molar-refractivity contribution < 1.29 is 0 Å². The lowest BCUT2D eigenvalue weighted by Gasteiger charge is -2.01. The van der Waals surface area contributed by atoms with Crippen LogP contribution in [0.2, 0.25) is 10.0 Å². The molecule has 1 aromatic carbocycles. The van der Waals surface area contributed by atoms with Crippen molar-refractivity contribution in [3.63, 3.8) is 0 Å². The average Bonchev–Trinajstić information content (AvgIpc) is 2.79. The highest BCUT2D eigenvalue weighted by Crippen LogP contribution is 2.33. The van der Waals surface area contributed by atoms with E-state index in [1.54, 1.807) is 28.8 Å². The van der Waals surface area contributed by atoms with Crippen LogP contribution in [0, 0.1) is 11.8 Å². The first-order valence-electron chi connectivity index (χ1n) is 5.87. The van der Waals surface area contributed by atoms with Crippen LogP contribution >= 0.6 is 23.2 Å². The van der Waals surface area contributed by atoms with Crippen LogP contribution in [0.25, 0.3) is 16.9 Å². The summed E-state index contributed by atoms with van der Waals surface area (Å²) in [6, 6.07) is 8.83. The van der Waals surface area contributed by atoms with Crippen molar-refractivity contribution in [2.45, 2.75) is 6.92 Å². The van der Waals surface area contributed by atoms with Crippen LogP contribution < -0.4 is 0 Å². The third-order valence-corrected chi connectivity index (χ3v) is 3.74. The van der Waals surface area contributed by atoms with Gasteiger partial charge in [-0.1, -0.05) is 29.3 Å². The van der Waals surface area contributed by atoms with E-state index in [0.717, 1.165) is 11.1 Å². The molecule has 0 unspecified atom stereocenters. The number of rotatable bonds is 2. The summed E-state index contributed by atoms with van der Waals surface area (Å²) in [5.74, 6) is 0.249. The first-order valence-corrected chi connectivity index (χ1v) is 6.63. The minimum absolute atomic E-state index is 0.249. The van der Waals surface area contributed by atoms with Crippen LogP contribution in [-0.2, 0) is 0 Å². The first kappa shape index (κ1) is 13.1. The molecule has 3 aromatic rings. The van der Waals surface area contributed by atoms with Crippen LogP contribution in [-0.4, -0.2) is 9.38 Å². The fourth-order valence-corrected chi connectivity index (χ4v) is 2.35. The number of halogens is 2. The van der Waals surface area contributed by atoms with Gasteiger partial charge in [0.25, 0.3) is 0 Å². The maximum absolute atomic E-state index is 11.1. The number of aryl methyl sites for hydroxylation is 1. The summed E-state index contributed by atoms with van der Waals surface area (Å²) < 4.78 is 1.61. The standard InChI is InChI=1S/C14H9Cl2N3O/c1-8-6-9(2-3-11(8)16)13-14(18-20)19-5-4-10(15)7-12(19)17-13/h2-7H,1H3. The summed E-state index contributed by atoms with van der Waals surface area (Å²) in [5.41, 5.74) is 2.80. The Balaban J connectivity index is 2.29. The van der Waals surface area contributed by atoms with Crippen molar-refractivity contribution in [2.75, 3.05) is 0 Å². The predicted octanol–water partition coefficient (Wildman–Crippen LogP) is 5.01. The lowest BCUT2D eigenvalue weighted by molar-refractivity contribution is 1.16. The van der Waals surface area contributed by atoms with E-state index in [2.05, 4.69) is 10.2 Å². The maximum atomic E-state index is 11.1. The molecule has 100 valence electrons. The average molecular weight is 306 g/mol. The van der Waals surface area contributed by atoms with Gasteiger partial charge in [0.05, 0.1) is 0 Å². The molecule has 0 N–H and O–H groups in total. The van der Waals surface area contributed by atoms with Gasteiger partial charge in [0, 0.05) is 27.9 Å². The molecule has 2 aromatic heterocycles. The van der Waals surface area contributed by atoms with E-state index in [9.17, 15) is 4.91 Å². The SMILES string of the molecule is Cc1cc(-c2nc3cc(Cl)ccn3c2N=O)ccc1Cl. The highest BCUT2D eigenvalue weighted by Gasteiger charge is 2.15. The zero-order chi connectivity index (χ0) is 14.3. The fraction of sp³-hybridized carbons (Fsp3) is 0.0714. The molecule has 0 amide bonds. The highest BCUT2D eigenvalue weighted by molar-refractivity contribution is 6.31. The molecule has 2 heterocycles. The number of hydrogen-bond acceptors (Lipinski definition) is 3. The molecule has 20 heavy (non-hydrogen) atoms. The van der Waals surface area contributed by atoms with Crippen molar-refractivity contribution in [1.82, 2.24) is 9.38 Å². The summed E-state index contributed by atoms with van der Waals surface area (Å²) >= 11 is 11.9. The normalized spacial score (nSPS) is 10.9. The summed E-state index contributed by atoms with van der Waals surface area (Å²) in [5, 5.41) is 4.31. The number of fused-ring (bicyclic) bond motifs is 1. The molecule has 4 nitrogen and oxygen atoms in total. The molecule has 0 saturated heterocycles. The molecule has 0 atom stereocenters. The summed E-state index contributed by atoms with van der Waals surface area (Å²) in [4.78, 5) is 15.6. The van der Waals surface area contributed by atoms with Crippen molar-refractivity contribution in [1.29, 1.82) is 0 Å². The highest BCUT2D eigenvalue weighted by atomic mass is 35.5. The van der Waals surface area contributed by atoms with E-state index in [4.69, 9.17) is 23.2 Å². The number of benzene rings is 1. The van der Waals surface area contributed by atoms with Crippen molar-refractivity contribution in [3.05, 3.63) is 57.0 Å².